The van der Waals surface area contributed by atoms with Gasteiger partial charge in [-0.05, 0) is 105 Å². The van der Waals surface area contributed by atoms with Gasteiger partial charge in [0.1, 0.15) is 22.0 Å². The molecule has 7 heteroatoms. The third-order valence-electron chi connectivity index (χ3n) is 8.52. The average Bonchev–Trinajstić information content (AvgIpc) is 3.02. The minimum Gasteiger partial charge on any atom is -0.398 e. The molecule has 0 saturated heterocycles. The molecule has 0 aliphatic carbocycles. The highest BCUT2D eigenvalue weighted by molar-refractivity contribution is 6.32. The highest BCUT2D eigenvalue weighted by Crippen LogP contribution is 2.29. The third kappa shape index (κ3) is 7.41. The van der Waals surface area contributed by atoms with Crippen molar-refractivity contribution in [2.75, 3.05) is 5.73 Å². The van der Waals surface area contributed by atoms with Crippen LogP contribution in [-0.2, 0) is 6.54 Å². The van der Waals surface area contributed by atoms with Crippen LogP contribution >= 0.6 is 0 Å². The summed E-state index contributed by atoms with van der Waals surface area (Å²) < 4.78 is 0. The fraction of sp³-hybridized carbons (Fsp3) is 0.250. The molecular formula is C36H40B2N4O. The number of nitrogens with zero attached hydrogens (tertiary/aromatic N) is 2. The van der Waals surface area contributed by atoms with E-state index in [1.54, 1.807) is 24.3 Å². The molecular weight excluding hydrogens is 526 g/mol. The first-order valence-electron chi connectivity index (χ1n) is 14.3. The lowest BCUT2D eigenvalue weighted by molar-refractivity contribution is 0.112. The summed E-state index contributed by atoms with van der Waals surface area (Å²) in [6.45, 7) is 17.4. The maximum Gasteiger partial charge on any atom is 0.150 e. The van der Waals surface area contributed by atoms with Gasteiger partial charge in [0.05, 0.1) is 22.9 Å². The second kappa shape index (κ2) is 14.3. The van der Waals surface area contributed by atoms with Gasteiger partial charge in [0.2, 0.25) is 0 Å². The van der Waals surface area contributed by atoms with Gasteiger partial charge in [-0.3, -0.25) is 9.78 Å². The summed E-state index contributed by atoms with van der Waals surface area (Å²) in [4.78, 5) is 19.6. The van der Waals surface area contributed by atoms with Crippen molar-refractivity contribution < 1.29 is 4.79 Å². The molecule has 43 heavy (non-hydrogen) atoms. The number of rotatable bonds is 3. The molecule has 4 radical (unpaired) electrons. The van der Waals surface area contributed by atoms with Crippen LogP contribution in [0.15, 0.2) is 54.7 Å². The van der Waals surface area contributed by atoms with Crippen LogP contribution in [0.25, 0.3) is 22.3 Å². The Morgan fingerprint density at radius 1 is 0.651 bits per heavy atom. The van der Waals surface area contributed by atoms with E-state index in [0.29, 0.717) is 17.6 Å². The maximum absolute atomic E-state index is 10.1. The quantitative estimate of drug-likeness (QED) is 0.169. The zero-order valence-corrected chi connectivity index (χ0v) is 26.6. The fourth-order valence-corrected chi connectivity index (χ4v) is 4.89. The average molecular weight is 566 g/mol. The normalized spacial score (nSPS) is 10.4. The lowest BCUT2D eigenvalue weighted by Crippen LogP contribution is -2.09. The van der Waals surface area contributed by atoms with E-state index in [1.807, 2.05) is 30.5 Å². The van der Waals surface area contributed by atoms with Crippen LogP contribution in [0, 0.1) is 55.4 Å². The Labute approximate surface area is 259 Å². The first-order chi connectivity index (χ1) is 20.3. The Kier molecular flexibility index (Phi) is 11.1. The van der Waals surface area contributed by atoms with E-state index in [-0.39, 0.29) is 0 Å². The Morgan fingerprint density at radius 3 is 1.63 bits per heavy atom. The van der Waals surface area contributed by atoms with Crippen molar-refractivity contribution in [3.05, 3.63) is 110 Å². The van der Waals surface area contributed by atoms with Crippen LogP contribution in [0.2, 0.25) is 0 Å². The maximum atomic E-state index is 10.1. The number of nitrogen functional groups attached to an aromatic ring is 1. The Hall–Kier alpha value is -4.22. The molecule has 0 spiro atoms. The Balaban J connectivity index is 0.000000196. The molecule has 0 aliphatic rings. The standard InChI is InChI=1S/C18H17BN2.C11H18N2.C7H5BO/c1-10-11(2)13(4)18-17(12(10)3)20-9-16(21-18)14-5-7-15(19)8-6-14;1-6-7(2)9(4)11(13)10(5-12)8(6)3;8-7-3-1-6(5-9)2-4-7/h5-9H,1-4H3;5,12-13H2,1-4H3;1-5H. The van der Waals surface area contributed by atoms with Crippen LogP contribution in [0.3, 0.4) is 0 Å². The van der Waals surface area contributed by atoms with E-state index in [9.17, 15) is 4.79 Å². The van der Waals surface area contributed by atoms with Crippen molar-refractivity contribution >= 4 is 49.6 Å². The topological polar surface area (TPSA) is 94.9 Å². The summed E-state index contributed by atoms with van der Waals surface area (Å²) in [6, 6.07) is 14.5. The van der Waals surface area contributed by atoms with E-state index >= 15 is 0 Å². The molecule has 1 aromatic heterocycles. The first kappa shape index (κ1) is 33.3. The lowest BCUT2D eigenvalue weighted by atomic mass is 9.92. The minimum atomic E-state index is 0.527. The monoisotopic (exact) mass is 566 g/mol. The number of benzene rings is 4. The second-order valence-corrected chi connectivity index (χ2v) is 11.0. The van der Waals surface area contributed by atoms with E-state index in [2.05, 4.69) is 60.4 Å². The number of aromatic nitrogens is 2. The highest BCUT2D eigenvalue weighted by atomic mass is 16.1. The van der Waals surface area contributed by atoms with Gasteiger partial charge in [-0.1, -0.05) is 59.5 Å². The molecule has 5 rings (SSSR count). The van der Waals surface area contributed by atoms with Gasteiger partial charge in [-0.2, -0.15) is 0 Å². The zero-order valence-electron chi connectivity index (χ0n) is 26.6. The second-order valence-electron chi connectivity index (χ2n) is 11.0. The van der Waals surface area contributed by atoms with Gasteiger partial charge in [-0.25, -0.2) is 4.98 Å². The van der Waals surface area contributed by atoms with E-state index in [0.717, 1.165) is 45.3 Å². The predicted molar refractivity (Wildman–Crippen MR) is 184 cm³/mol. The van der Waals surface area contributed by atoms with E-state index in [4.69, 9.17) is 32.1 Å². The van der Waals surface area contributed by atoms with Crippen LogP contribution in [0.1, 0.15) is 60.4 Å². The lowest BCUT2D eigenvalue weighted by Gasteiger charge is -2.16. The summed E-state index contributed by atoms with van der Waals surface area (Å²) in [5.41, 5.74) is 29.6. The number of aryl methyl sites for hydroxylation is 2. The molecule has 0 saturated carbocycles. The molecule has 0 unspecified atom stereocenters. The largest absolute Gasteiger partial charge is 0.398 e. The van der Waals surface area contributed by atoms with Crippen molar-refractivity contribution in [3.63, 3.8) is 0 Å². The van der Waals surface area contributed by atoms with Crippen molar-refractivity contribution in [1.29, 1.82) is 0 Å². The number of hydrogen-bond acceptors (Lipinski definition) is 5. The van der Waals surface area contributed by atoms with Crippen molar-refractivity contribution in [1.82, 2.24) is 9.97 Å². The predicted octanol–water partition coefficient (Wildman–Crippen LogP) is 5.58. The van der Waals surface area contributed by atoms with Crippen LogP contribution < -0.4 is 22.4 Å². The van der Waals surface area contributed by atoms with Crippen molar-refractivity contribution in [3.8, 4) is 11.3 Å². The third-order valence-corrected chi connectivity index (χ3v) is 8.52. The van der Waals surface area contributed by atoms with Crippen LogP contribution in [-0.4, -0.2) is 31.9 Å². The van der Waals surface area contributed by atoms with Gasteiger partial charge >= 0.3 is 0 Å². The molecule has 0 atom stereocenters. The number of aldehydes is 1. The van der Waals surface area contributed by atoms with Crippen molar-refractivity contribution in [2.45, 2.75) is 61.9 Å². The van der Waals surface area contributed by atoms with Gasteiger partial charge in [-0.15, -0.1) is 0 Å². The molecule has 0 fully saturated rings. The molecule has 0 bridgehead atoms. The highest BCUT2D eigenvalue weighted by Gasteiger charge is 2.13. The van der Waals surface area contributed by atoms with Crippen LogP contribution in [0.5, 0.6) is 0 Å². The van der Waals surface area contributed by atoms with E-state index in [1.165, 1.54) is 44.5 Å². The summed E-state index contributed by atoms with van der Waals surface area (Å²) in [6.07, 6.45) is 2.63. The molecule has 216 valence electrons. The SMILES string of the molecule is Cc1c(C)c(C)c(CN)c(N)c1C.[B]c1ccc(-c2cnc3c(C)c(C)c(C)c(C)c3n2)cc1.[B]c1ccc(C=O)cc1. The Bertz CT molecular complexity index is 1730. The number of fused-ring (bicyclic) bond motifs is 1. The summed E-state index contributed by atoms with van der Waals surface area (Å²) in [5.74, 6) is 0. The number of nitrogens with two attached hydrogens (primary N) is 2. The summed E-state index contributed by atoms with van der Waals surface area (Å²) in [7, 11) is 11.1. The smallest absolute Gasteiger partial charge is 0.150 e. The molecule has 4 aromatic carbocycles. The number of carbonyl (C=O) groups excluding carboxylic acids is 1. The molecule has 0 amide bonds. The van der Waals surface area contributed by atoms with Crippen LogP contribution in [0.4, 0.5) is 5.69 Å². The van der Waals surface area contributed by atoms with Gasteiger partial charge in [0, 0.05) is 23.4 Å². The van der Waals surface area contributed by atoms with Gasteiger partial charge in [0.15, 0.2) is 0 Å². The number of anilines is 1. The van der Waals surface area contributed by atoms with Crippen molar-refractivity contribution in [2.24, 2.45) is 5.73 Å². The molecule has 0 aliphatic heterocycles. The molecule has 1 heterocycles. The minimum absolute atomic E-state index is 0.527. The first-order valence-corrected chi connectivity index (χ1v) is 14.3. The molecule has 5 nitrogen and oxygen atoms in total. The van der Waals surface area contributed by atoms with Gasteiger partial charge in [0.25, 0.3) is 0 Å². The number of carbonyl (C=O) groups is 1. The molecule has 5 aromatic rings. The summed E-state index contributed by atoms with van der Waals surface area (Å²) >= 11 is 0. The molecule has 4 N–H and O–H groups in total. The Morgan fingerprint density at radius 2 is 1.12 bits per heavy atom. The van der Waals surface area contributed by atoms with E-state index < -0.39 is 0 Å². The summed E-state index contributed by atoms with van der Waals surface area (Å²) in [5, 5.41) is 0. The zero-order chi connectivity index (χ0) is 32.0. The van der Waals surface area contributed by atoms with Gasteiger partial charge < -0.3 is 11.5 Å². The fourth-order valence-electron chi connectivity index (χ4n) is 4.89. The number of hydrogen-bond donors (Lipinski definition) is 2.